The van der Waals surface area contributed by atoms with Crippen molar-refractivity contribution in [3.8, 4) is 0 Å². The van der Waals surface area contributed by atoms with Crippen molar-refractivity contribution in [3.05, 3.63) is 0 Å². The molecular weight excluding hydrogens is 220 g/mol. The number of nitrogens with one attached hydrogen (secondary N) is 1. The lowest BCUT2D eigenvalue weighted by atomic mass is 10.0. The number of hydrogen-bond donors (Lipinski definition) is 1. The Morgan fingerprint density at radius 3 is 2.41 bits per heavy atom. The molecule has 17 heavy (non-hydrogen) atoms. The zero-order valence-corrected chi connectivity index (χ0v) is 10.9. The second-order valence-corrected chi connectivity index (χ2v) is 4.62. The van der Waals surface area contributed by atoms with E-state index in [9.17, 15) is 9.59 Å². The lowest BCUT2D eigenvalue weighted by Crippen LogP contribution is -2.47. The van der Waals surface area contributed by atoms with Crippen LogP contribution in [0.3, 0.4) is 0 Å². The van der Waals surface area contributed by atoms with Crippen molar-refractivity contribution in [3.63, 3.8) is 0 Å². The van der Waals surface area contributed by atoms with Crippen molar-refractivity contribution in [2.75, 3.05) is 19.7 Å². The fourth-order valence-electron chi connectivity index (χ4n) is 1.95. The summed E-state index contributed by atoms with van der Waals surface area (Å²) >= 11 is 0. The summed E-state index contributed by atoms with van der Waals surface area (Å²) in [4.78, 5) is 24.8. The van der Waals surface area contributed by atoms with Gasteiger partial charge in [0.05, 0.1) is 6.61 Å². The smallest absolute Gasteiger partial charge is 0.407 e. The first kappa shape index (κ1) is 13.8. The van der Waals surface area contributed by atoms with Gasteiger partial charge in [0.15, 0.2) is 0 Å². The lowest BCUT2D eigenvalue weighted by molar-refractivity contribution is -0.135. The van der Waals surface area contributed by atoms with Gasteiger partial charge >= 0.3 is 6.09 Å². The third-order valence-corrected chi connectivity index (χ3v) is 2.90. The summed E-state index contributed by atoms with van der Waals surface area (Å²) in [6.45, 7) is 7.42. The highest BCUT2D eigenvalue weighted by Crippen LogP contribution is 2.13. The molecule has 0 radical (unpaired) electrons. The van der Waals surface area contributed by atoms with Gasteiger partial charge in [0.25, 0.3) is 0 Å². The molecule has 0 saturated carbocycles. The van der Waals surface area contributed by atoms with Crippen LogP contribution in [0.2, 0.25) is 0 Å². The number of rotatable bonds is 3. The van der Waals surface area contributed by atoms with Gasteiger partial charge < -0.3 is 15.0 Å². The zero-order chi connectivity index (χ0) is 12.8. The van der Waals surface area contributed by atoms with Crippen LogP contribution in [0, 0.1) is 5.92 Å². The predicted molar refractivity (Wildman–Crippen MR) is 64.6 cm³/mol. The maximum Gasteiger partial charge on any atom is 0.407 e. The number of piperidine rings is 1. The van der Waals surface area contributed by atoms with Crippen molar-refractivity contribution in [2.24, 2.45) is 5.92 Å². The van der Waals surface area contributed by atoms with E-state index in [1.54, 1.807) is 6.92 Å². The molecule has 2 amide bonds. The first-order chi connectivity index (χ1) is 8.04. The normalized spacial score (nSPS) is 17.1. The Morgan fingerprint density at radius 1 is 1.35 bits per heavy atom. The molecule has 0 aromatic heterocycles. The number of nitrogens with zero attached hydrogens (tertiary/aromatic N) is 1. The van der Waals surface area contributed by atoms with Gasteiger partial charge in [-0.15, -0.1) is 0 Å². The molecule has 0 bridgehead atoms. The highest BCUT2D eigenvalue weighted by Gasteiger charge is 2.25. The molecule has 1 N–H and O–H groups in total. The van der Waals surface area contributed by atoms with E-state index in [0.717, 1.165) is 12.8 Å². The second-order valence-electron chi connectivity index (χ2n) is 4.62. The Labute approximate surface area is 102 Å². The van der Waals surface area contributed by atoms with Gasteiger partial charge in [-0.25, -0.2) is 4.79 Å². The summed E-state index contributed by atoms with van der Waals surface area (Å²) in [6, 6.07) is 0.130. The summed E-state index contributed by atoms with van der Waals surface area (Å²) < 4.78 is 4.83. The standard InChI is InChI=1S/C12H22N2O3/c1-4-17-12(16)13-10-5-7-14(8-6-10)11(15)9(2)3/h9-10H,4-8H2,1-3H3,(H,13,16). The Kier molecular flexibility index (Phi) is 5.25. The first-order valence-electron chi connectivity index (χ1n) is 6.26. The number of hydrogen-bond acceptors (Lipinski definition) is 3. The summed E-state index contributed by atoms with van der Waals surface area (Å²) in [5.41, 5.74) is 0. The van der Waals surface area contributed by atoms with E-state index in [4.69, 9.17) is 4.74 Å². The molecule has 0 aliphatic carbocycles. The minimum absolute atomic E-state index is 0.0459. The van der Waals surface area contributed by atoms with Gasteiger partial charge in [0, 0.05) is 25.0 Å². The van der Waals surface area contributed by atoms with Crippen LogP contribution in [0.1, 0.15) is 33.6 Å². The van der Waals surface area contributed by atoms with Crippen LogP contribution in [-0.4, -0.2) is 42.6 Å². The molecule has 0 spiro atoms. The summed E-state index contributed by atoms with van der Waals surface area (Å²) in [5, 5.41) is 2.81. The summed E-state index contributed by atoms with van der Waals surface area (Å²) in [7, 11) is 0. The van der Waals surface area contributed by atoms with E-state index in [1.165, 1.54) is 0 Å². The van der Waals surface area contributed by atoms with Crippen molar-refractivity contribution in [2.45, 2.75) is 39.7 Å². The lowest BCUT2D eigenvalue weighted by Gasteiger charge is -2.33. The molecule has 0 aromatic carbocycles. The second kappa shape index (κ2) is 6.47. The number of likely N-dealkylation sites (tertiary alicyclic amines) is 1. The molecular formula is C12H22N2O3. The molecule has 1 aliphatic heterocycles. The molecule has 1 saturated heterocycles. The molecule has 0 aromatic rings. The van der Waals surface area contributed by atoms with E-state index < -0.39 is 0 Å². The predicted octanol–water partition coefficient (Wildman–Crippen LogP) is 1.38. The number of amides is 2. The third kappa shape index (κ3) is 4.24. The minimum Gasteiger partial charge on any atom is -0.450 e. The molecule has 1 fully saturated rings. The minimum atomic E-state index is -0.360. The number of carbonyl (C=O) groups is 2. The average molecular weight is 242 g/mol. The van der Waals surface area contributed by atoms with E-state index in [-0.39, 0.29) is 24.0 Å². The quantitative estimate of drug-likeness (QED) is 0.813. The monoisotopic (exact) mass is 242 g/mol. The van der Waals surface area contributed by atoms with Gasteiger partial charge in [-0.05, 0) is 19.8 Å². The SMILES string of the molecule is CCOC(=O)NC1CCN(C(=O)C(C)C)CC1. The molecule has 5 nitrogen and oxygen atoms in total. The maximum atomic E-state index is 11.7. The van der Waals surface area contributed by atoms with Crippen LogP contribution in [-0.2, 0) is 9.53 Å². The highest BCUT2D eigenvalue weighted by molar-refractivity contribution is 5.78. The van der Waals surface area contributed by atoms with E-state index in [0.29, 0.717) is 19.7 Å². The molecule has 1 aliphatic rings. The average Bonchev–Trinajstić information content (AvgIpc) is 2.29. The van der Waals surface area contributed by atoms with Crippen LogP contribution >= 0.6 is 0 Å². The number of carbonyl (C=O) groups excluding carboxylic acids is 2. The van der Waals surface area contributed by atoms with Gasteiger partial charge in [0.1, 0.15) is 0 Å². The Balaban J connectivity index is 2.31. The highest BCUT2D eigenvalue weighted by atomic mass is 16.5. The van der Waals surface area contributed by atoms with Gasteiger partial charge in [-0.2, -0.15) is 0 Å². The van der Waals surface area contributed by atoms with Gasteiger partial charge in [0.2, 0.25) is 5.91 Å². The van der Waals surface area contributed by atoms with Crippen molar-refractivity contribution >= 4 is 12.0 Å². The summed E-state index contributed by atoms with van der Waals surface area (Å²) in [5.74, 6) is 0.240. The Bertz CT molecular complexity index is 271. The van der Waals surface area contributed by atoms with E-state index in [1.807, 2.05) is 18.7 Å². The van der Waals surface area contributed by atoms with Crippen molar-refractivity contribution < 1.29 is 14.3 Å². The van der Waals surface area contributed by atoms with Crippen molar-refractivity contribution in [1.82, 2.24) is 10.2 Å². The topological polar surface area (TPSA) is 58.6 Å². The fourth-order valence-corrected chi connectivity index (χ4v) is 1.95. The van der Waals surface area contributed by atoms with Crippen LogP contribution < -0.4 is 5.32 Å². The van der Waals surface area contributed by atoms with E-state index >= 15 is 0 Å². The van der Waals surface area contributed by atoms with Crippen LogP contribution in [0.25, 0.3) is 0 Å². The number of ether oxygens (including phenoxy) is 1. The van der Waals surface area contributed by atoms with Crippen LogP contribution in [0.5, 0.6) is 0 Å². The molecule has 5 heteroatoms. The largest absolute Gasteiger partial charge is 0.450 e. The molecule has 98 valence electrons. The first-order valence-corrected chi connectivity index (χ1v) is 6.26. The number of alkyl carbamates (subject to hydrolysis) is 1. The van der Waals surface area contributed by atoms with Crippen molar-refractivity contribution in [1.29, 1.82) is 0 Å². The van der Waals surface area contributed by atoms with Gasteiger partial charge in [-0.1, -0.05) is 13.8 Å². The fraction of sp³-hybridized carbons (Fsp3) is 0.833. The van der Waals surface area contributed by atoms with Crippen LogP contribution in [0.4, 0.5) is 4.79 Å². The summed E-state index contributed by atoms with van der Waals surface area (Å²) in [6.07, 6.45) is 1.25. The van der Waals surface area contributed by atoms with Gasteiger partial charge in [-0.3, -0.25) is 4.79 Å². The zero-order valence-electron chi connectivity index (χ0n) is 10.9. The van der Waals surface area contributed by atoms with E-state index in [2.05, 4.69) is 5.32 Å². The molecule has 1 rings (SSSR count). The van der Waals surface area contributed by atoms with Crippen LogP contribution in [0.15, 0.2) is 0 Å². The third-order valence-electron chi connectivity index (χ3n) is 2.90. The molecule has 0 atom stereocenters. The Morgan fingerprint density at radius 2 is 1.94 bits per heavy atom. The maximum absolute atomic E-state index is 11.7. The molecule has 0 unspecified atom stereocenters. The molecule has 1 heterocycles. The Hall–Kier alpha value is -1.26.